The van der Waals surface area contributed by atoms with Crippen LogP contribution in [0.15, 0.2) is 40.1 Å². The van der Waals surface area contributed by atoms with Crippen LogP contribution >= 0.6 is 11.3 Å². The summed E-state index contributed by atoms with van der Waals surface area (Å²) in [5.41, 5.74) is 13.2. The van der Waals surface area contributed by atoms with Crippen molar-refractivity contribution in [1.82, 2.24) is 16.0 Å². The van der Waals surface area contributed by atoms with Gasteiger partial charge in [-0.3, -0.25) is 0 Å². The van der Waals surface area contributed by atoms with Crippen molar-refractivity contribution in [3.05, 3.63) is 39.6 Å². The zero-order valence-electron chi connectivity index (χ0n) is 12.8. The number of guanidine groups is 1. The molecule has 1 rings (SSSR count). The molecule has 1 aromatic rings. The van der Waals surface area contributed by atoms with Gasteiger partial charge in [-0.1, -0.05) is 12.2 Å². The molecule has 1 heterocycles. The number of hydrogen-bond acceptors (Lipinski definition) is 5. The molecule has 0 spiro atoms. The van der Waals surface area contributed by atoms with Crippen molar-refractivity contribution >= 4 is 29.6 Å². The van der Waals surface area contributed by atoms with E-state index in [1.807, 2.05) is 40.1 Å². The lowest BCUT2D eigenvalue weighted by Crippen LogP contribution is -2.34. The van der Waals surface area contributed by atoms with E-state index in [-0.39, 0.29) is 5.96 Å². The van der Waals surface area contributed by atoms with E-state index in [1.165, 1.54) is 5.57 Å². The van der Waals surface area contributed by atoms with Crippen molar-refractivity contribution in [2.24, 2.45) is 15.9 Å². The molecule has 114 valence electrons. The van der Waals surface area contributed by atoms with Gasteiger partial charge in [0.2, 0.25) is 5.96 Å². The van der Waals surface area contributed by atoms with Crippen LogP contribution in [0.3, 0.4) is 0 Å². The molecular formula is C14H22N6S. The number of rotatable bonds is 6. The number of allylic oxidation sites excluding steroid dienone is 2. The first-order valence-corrected chi connectivity index (χ1v) is 7.19. The minimum Gasteiger partial charge on any atom is -0.367 e. The number of hydrazone groups is 2. The van der Waals surface area contributed by atoms with Gasteiger partial charge in [-0.15, -0.1) is 16.4 Å². The molecule has 0 aliphatic carbocycles. The summed E-state index contributed by atoms with van der Waals surface area (Å²) < 4.78 is 0. The van der Waals surface area contributed by atoms with Gasteiger partial charge in [0.1, 0.15) is 0 Å². The van der Waals surface area contributed by atoms with Crippen molar-refractivity contribution < 1.29 is 0 Å². The molecule has 0 atom stereocenters. The summed E-state index contributed by atoms with van der Waals surface area (Å²) in [6.07, 6.45) is 3.81. The monoisotopic (exact) mass is 306 g/mol. The third-order valence-electron chi connectivity index (χ3n) is 2.42. The lowest BCUT2D eigenvalue weighted by atomic mass is 10.1. The molecule has 1 aromatic heterocycles. The molecule has 21 heavy (non-hydrogen) atoms. The summed E-state index contributed by atoms with van der Waals surface area (Å²) in [7, 11) is 3.63. The fourth-order valence-corrected chi connectivity index (χ4v) is 2.08. The van der Waals surface area contributed by atoms with Crippen LogP contribution in [0.5, 0.6) is 0 Å². The Hall–Kier alpha value is -2.12. The molecule has 0 aliphatic heterocycles. The maximum absolute atomic E-state index is 5.61. The maximum Gasteiger partial charge on any atom is 0.233 e. The van der Waals surface area contributed by atoms with E-state index < -0.39 is 0 Å². The Morgan fingerprint density at radius 2 is 2.00 bits per heavy atom. The van der Waals surface area contributed by atoms with Crippen LogP contribution in [0.25, 0.3) is 6.08 Å². The second-order valence-electron chi connectivity index (χ2n) is 4.71. The number of hydrazine groups is 1. The number of nitrogens with zero attached hydrogens (tertiary/aromatic N) is 3. The van der Waals surface area contributed by atoms with Crippen LogP contribution in [0.2, 0.25) is 0 Å². The fraction of sp³-hybridized carbons (Fsp3) is 0.286. The number of nitrogens with two attached hydrogens (primary N) is 1. The second-order valence-corrected chi connectivity index (χ2v) is 5.86. The van der Waals surface area contributed by atoms with E-state index in [2.05, 4.69) is 33.8 Å². The third-order valence-corrected chi connectivity index (χ3v) is 3.39. The Morgan fingerprint density at radius 1 is 1.33 bits per heavy atom. The zero-order valence-corrected chi connectivity index (χ0v) is 13.7. The van der Waals surface area contributed by atoms with Crippen LogP contribution in [-0.4, -0.2) is 31.3 Å². The predicted molar refractivity (Wildman–Crippen MR) is 92.0 cm³/mol. The summed E-state index contributed by atoms with van der Waals surface area (Å²) in [5, 5.41) is 9.55. The summed E-state index contributed by atoms with van der Waals surface area (Å²) in [5.74, 6) is 0.190. The van der Waals surface area contributed by atoms with Gasteiger partial charge in [0.05, 0.1) is 6.21 Å². The van der Waals surface area contributed by atoms with Crippen LogP contribution in [0, 0.1) is 0 Å². The topological polar surface area (TPSA) is 78.0 Å². The maximum atomic E-state index is 5.61. The minimum absolute atomic E-state index is 0.190. The lowest BCUT2D eigenvalue weighted by Gasteiger charge is -2.07. The highest BCUT2D eigenvalue weighted by Gasteiger charge is 1.97. The molecule has 0 aliphatic rings. The minimum atomic E-state index is 0.190. The second kappa shape index (κ2) is 8.23. The van der Waals surface area contributed by atoms with Gasteiger partial charge in [-0.05, 0) is 37.6 Å². The average Bonchev–Trinajstić information content (AvgIpc) is 2.83. The van der Waals surface area contributed by atoms with Gasteiger partial charge in [0.15, 0.2) is 0 Å². The first-order valence-electron chi connectivity index (χ1n) is 6.37. The summed E-state index contributed by atoms with van der Waals surface area (Å²) in [4.78, 5) is 2.18. The molecule has 6 nitrogen and oxygen atoms in total. The summed E-state index contributed by atoms with van der Waals surface area (Å²) in [6, 6.07) is 4.04. The lowest BCUT2D eigenvalue weighted by molar-refractivity contribution is 0.297. The van der Waals surface area contributed by atoms with Crippen molar-refractivity contribution in [3.63, 3.8) is 0 Å². The van der Waals surface area contributed by atoms with Gasteiger partial charge in [-0.2, -0.15) is 5.10 Å². The number of nitrogens with one attached hydrogen (secondary N) is 2. The number of thiophene rings is 1. The molecule has 0 aromatic carbocycles. The highest BCUT2D eigenvalue weighted by Crippen LogP contribution is 2.19. The Bertz CT molecular complexity index is 568. The van der Waals surface area contributed by atoms with E-state index in [9.17, 15) is 0 Å². The average molecular weight is 306 g/mol. The van der Waals surface area contributed by atoms with E-state index in [0.29, 0.717) is 0 Å². The van der Waals surface area contributed by atoms with Crippen LogP contribution in [-0.2, 0) is 0 Å². The molecule has 4 N–H and O–H groups in total. The highest BCUT2D eigenvalue weighted by molar-refractivity contribution is 7.14. The molecule has 0 saturated carbocycles. The number of hydrogen-bond donors (Lipinski definition) is 3. The first kappa shape index (κ1) is 16.9. The quantitative estimate of drug-likeness (QED) is 0.325. The molecule has 0 radical (unpaired) electrons. The Morgan fingerprint density at radius 3 is 2.62 bits per heavy atom. The van der Waals surface area contributed by atoms with E-state index in [0.717, 1.165) is 15.3 Å². The van der Waals surface area contributed by atoms with E-state index >= 15 is 0 Å². The van der Waals surface area contributed by atoms with Crippen molar-refractivity contribution in [3.8, 4) is 0 Å². The molecule has 0 fully saturated rings. The van der Waals surface area contributed by atoms with Crippen molar-refractivity contribution in [2.75, 3.05) is 14.1 Å². The Labute approximate surface area is 129 Å². The summed E-state index contributed by atoms with van der Waals surface area (Å²) in [6.45, 7) is 7.96. The SMILES string of the molecule is C=C(C)/C(C)=C/c1ccc(/C=N/NC(N)=NNN(C)C)s1. The fourth-order valence-electron chi connectivity index (χ4n) is 1.19. The van der Waals surface area contributed by atoms with Crippen molar-refractivity contribution in [1.29, 1.82) is 0 Å². The van der Waals surface area contributed by atoms with Crippen LogP contribution in [0.1, 0.15) is 23.6 Å². The van der Waals surface area contributed by atoms with Crippen molar-refractivity contribution in [2.45, 2.75) is 13.8 Å². The molecule has 0 amide bonds. The third kappa shape index (κ3) is 6.73. The predicted octanol–water partition coefficient (Wildman–Crippen LogP) is 1.95. The summed E-state index contributed by atoms with van der Waals surface area (Å²) >= 11 is 1.64. The molecular weight excluding hydrogens is 284 g/mol. The largest absolute Gasteiger partial charge is 0.367 e. The Balaban J connectivity index is 2.59. The molecule has 7 heteroatoms. The zero-order chi connectivity index (χ0) is 15.8. The van der Waals surface area contributed by atoms with Crippen LogP contribution in [0.4, 0.5) is 0 Å². The van der Waals surface area contributed by atoms with E-state index in [1.54, 1.807) is 22.6 Å². The highest BCUT2D eigenvalue weighted by atomic mass is 32.1. The van der Waals surface area contributed by atoms with Gasteiger partial charge in [0.25, 0.3) is 0 Å². The van der Waals surface area contributed by atoms with Gasteiger partial charge in [-0.25, -0.2) is 16.0 Å². The molecule has 0 bridgehead atoms. The molecule has 0 unspecified atom stereocenters. The first-order chi connectivity index (χ1) is 9.88. The standard InChI is InChI=1S/C14H22N6S/c1-10(2)11(3)8-12-6-7-13(21-12)9-16-17-14(15)18-19-20(4)5/h6-9,19H,1H2,2-5H3,(H3,15,17,18)/b11-8+,16-9+. The van der Waals surface area contributed by atoms with Gasteiger partial charge < -0.3 is 5.73 Å². The van der Waals surface area contributed by atoms with E-state index in [4.69, 9.17) is 5.73 Å². The normalized spacial score (nSPS) is 13.0. The van der Waals surface area contributed by atoms with Gasteiger partial charge >= 0.3 is 0 Å². The van der Waals surface area contributed by atoms with Gasteiger partial charge in [0, 0.05) is 23.8 Å². The smallest absolute Gasteiger partial charge is 0.233 e. The van der Waals surface area contributed by atoms with Crippen LogP contribution < -0.4 is 16.7 Å². The Kier molecular flexibility index (Phi) is 6.64. The molecule has 0 saturated heterocycles.